The number of rotatable bonds is 5. The predicted molar refractivity (Wildman–Crippen MR) is 46.2 cm³/mol. The fourth-order valence-corrected chi connectivity index (χ4v) is 1.14. The molecule has 1 rings (SSSR count). The highest BCUT2D eigenvalue weighted by atomic mass is 16.4. The van der Waals surface area contributed by atoms with Gasteiger partial charge in [-0.15, -0.1) is 0 Å². The minimum atomic E-state index is -0.884. The maximum Gasteiger partial charge on any atom is 0.305 e. The van der Waals surface area contributed by atoms with Crippen LogP contribution in [0.15, 0.2) is 0 Å². The van der Waals surface area contributed by atoms with Crippen molar-refractivity contribution < 1.29 is 14.7 Å². The van der Waals surface area contributed by atoms with E-state index in [0.717, 1.165) is 13.1 Å². The van der Waals surface area contributed by atoms with Crippen LogP contribution in [0.4, 0.5) is 0 Å². The number of nitrogens with one attached hydrogen (secondary N) is 2. The Labute approximate surface area is 76.5 Å². The van der Waals surface area contributed by atoms with Crippen LogP contribution < -0.4 is 10.6 Å². The molecule has 0 aromatic carbocycles. The molecule has 0 aliphatic carbocycles. The Morgan fingerprint density at radius 1 is 1.46 bits per heavy atom. The van der Waals surface area contributed by atoms with Gasteiger partial charge in [0.1, 0.15) is 0 Å². The summed E-state index contributed by atoms with van der Waals surface area (Å²) in [5, 5.41) is 13.9. The summed E-state index contributed by atoms with van der Waals surface area (Å²) in [5.41, 5.74) is 0. The van der Waals surface area contributed by atoms with Gasteiger partial charge in [0.05, 0.1) is 6.42 Å². The molecule has 0 aromatic heterocycles. The van der Waals surface area contributed by atoms with Crippen molar-refractivity contribution in [2.45, 2.75) is 12.8 Å². The molecule has 0 spiro atoms. The number of amides is 1. The molecule has 1 aliphatic rings. The molecule has 1 amide bonds. The first kappa shape index (κ1) is 9.98. The van der Waals surface area contributed by atoms with E-state index in [-0.39, 0.29) is 18.9 Å². The molecule has 0 aromatic rings. The molecule has 5 heteroatoms. The van der Waals surface area contributed by atoms with Gasteiger partial charge in [-0.3, -0.25) is 9.59 Å². The van der Waals surface area contributed by atoms with Crippen LogP contribution in [-0.2, 0) is 9.59 Å². The number of hydrogen-bond acceptors (Lipinski definition) is 3. The van der Waals surface area contributed by atoms with E-state index >= 15 is 0 Å². The van der Waals surface area contributed by atoms with E-state index < -0.39 is 5.97 Å². The summed E-state index contributed by atoms with van der Waals surface area (Å²) in [7, 11) is 0. The molecule has 1 saturated heterocycles. The fourth-order valence-electron chi connectivity index (χ4n) is 1.14. The molecular weight excluding hydrogens is 172 g/mol. The van der Waals surface area contributed by atoms with Crippen LogP contribution in [0, 0.1) is 5.92 Å². The zero-order valence-corrected chi connectivity index (χ0v) is 7.38. The Morgan fingerprint density at radius 3 is 2.62 bits per heavy atom. The molecule has 1 fully saturated rings. The molecule has 1 aliphatic heterocycles. The lowest BCUT2D eigenvalue weighted by Crippen LogP contribution is -2.44. The molecule has 0 unspecified atom stereocenters. The Kier molecular flexibility index (Phi) is 3.70. The van der Waals surface area contributed by atoms with Crippen LogP contribution in [0.3, 0.4) is 0 Å². The minimum Gasteiger partial charge on any atom is -0.481 e. The molecule has 3 N–H and O–H groups in total. The van der Waals surface area contributed by atoms with Gasteiger partial charge in [0.25, 0.3) is 0 Å². The van der Waals surface area contributed by atoms with Crippen LogP contribution in [0.25, 0.3) is 0 Å². The topological polar surface area (TPSA) is 78.4 Å². The molecule has 13 heavy (non-hydrogen) atoms. The van der Waals surface area contributed by atoms with Crippen molar-refractivity contribution in [1.29, 1.82) is 0 Å². The summed E-state index contributed by atoms with van der Waals surface area (Å²) >= 11 is 0. The van der Waals surface area contributed by atoms with Crippen molar-refractivity contribution in [3.63, 3.8) is 0 Å². The average Bonchev–Trinajstić information content (AvgIpc) is 1.96. The van der Waals surface area contributed by atoms with Crippen LogP contribution in [0.1, 0.15) is 12.8 Å². The summed E-state index contributed by atoms with van der Waals surface area (Å²) in [6.07, 6.45) is 0.501. The smallest absolute Gasteiger partial charge is 0.305 e. The van der Waals surface area contributed by atoms with Gasteiger partial charge in [-0.1, -0.05) is 0 Å². The van der Waals surface area contributed by atoms with Crippen LogP contribution in [-0.4, -0.2) is 36.6 Å². The summed E-state index contributed by atoms with van der Waals surface area (Å²) in [6.45, 7) is 2.02. The summed E-state index contributed by atoms with van der Waals surface area (Å²) in [5.74, 6) is -0.497. The zero-order valence-electron chi connectivity index (χ0n) is 7.38. The molecule has 0 atom stereocenters. The number of hydrogen-bond donors (Lipinski definition) is 3. The Hall–Kier alpha value is -1.10. The number of carbonyl (C=O) groups excluding carboxylic acids is 1. The zero-order chi connectivity index (χ0) is 9.68. The standard InChI is InChI=1S/C8H14N2O3/c11-7(3-6-4-9-5-6)10-2-1-8(12)13/h6,9H,1-5H2,(H,10,11)(H,12,13). The molecule has 74 valence electrons. The minimum absolute atomic E-state index is 0.00530. The third-order valence-corrected chi connectivity index (χ3v) is 2.00. The van der Waals surface area contributed by atoms with E-state index in [1.807, 2.05) is 0 Å². The van der Waals surface area contributed by atoms with Gasteiger partial charge in [-0.25, -0.2) is 0 Å². The van der Waals surface area contributed by atoms with Crippen molar-refractivity contribution in [3.8, 4) is 0 Å². The van der Waals surface area contributed by atoms with Crippen molar-refractivity contribution in [3.05, 3.63) is 0 Å². The molecule has 1 heterocycles. The maximum atomic E-state index is 11.1. The molecule has 5 nitrogen and oxygen atoms in total. The first-order valence-corrected chi connectivity index (χ1v) is 4.37. The first-order chi connectivity index (χ1) is 6.18. The number of carboxylic acids is 1. The third-order valence-electron chi connectivity index (χ3n) is 2.00. The summed E-state index contributed by atoms with van der Waals surface area (Å²) < 4.78 is 0. The lowest BCUT2D eigenvalue weighted by Gasteiger charge is -2.26. The van der Waals surface area contributed by atoms with Crippen LogP contribution in [0.2, 0.25) is 0 Å². The van der Waals surface area contributed by atoms with Gasteiger partial charge in [0, 0.05) is 13.0 Å². The lowest BCUT2D eigenvalue weighted by atomic mass is 9.99. The molecule has 0 bridgehead atoms. The van der Waals surface area contributed by atoms with Crippen molar-refractivity contribution >= 4 is 11.9 Å². The van der Waals surface area contributed by atoms with Crippen LogP contribution in [0.5, 0.6) is 0 Å². The number of carboxylic acid groups (broad SMARTS) is 1. The van der Waals surface area contributed by atoms with E-state index in [1.165, 1.54) is 0 Å². The fraction of sp³-hybridized carbons (Fsp3) is 0.750. The second-order valence-electron chi connectivity index (χ2n) is 3.22. The largest absolute Gasteiger partial charge is 0.481 e. The lowest BCUT2D eigenvalue weighted by molar-refractivity contribution is -0.136. The third kappa shape index (κ3) is 3.89. The van der Waals surface area contributed by atoms with Gasteiger partial charge >= 0.3 is 5.97 Å². The first-order valence-electron chi connectivity index (χ1n) is 4.37. The highest BCUT2D eigenvalue weighted by molar-refractivity contribution is 5.77. The molecule has 0 saturated carbocycles. The highest BCUT2D eigenvalue weighted by Crippen LogP contribution is 2.07. The van der Waals surface area contributed by atoms with Gasteiger partial charge < -0.3 is 15.7 Å². The summed E-state index contributed by atoms with van der Waals surface area (Å²) in [6, 6.07) is 0. The summed E-state index contributed by atoms with van der Waals surface area (Å²) in [4.78, 5) is 21.2. The van der Waals surface area contributed by atoms with Gasteiger partial charge in [-0.05, 0) is 19.0 Å². The second-order valence-corrected chi connectivity index (χ2v) is 3.22. The van der Waals surface area contributed by atoms with E-state index in [0.29, 0.717) is 12.3 Å². The monoisotopic (exact) mass is 186 g/mol. The molecular formula is C8H14N2O3. The highest BCUT2D eigenvalue weighted by Gasteiger charge is 2.19. The van der Waals surface area contributed by atoms with E-state index in [4.69, 9.17) is 5.11 Å². The Balaban J connectivity index is 2.00. The number of carbonyl (C=O) groups is 2. The molecule has 0 radical (unpaired) electrons. The average molecular weight is 186 g/mol. The normalized spacial score (nSPS) is 16.3. The van der Waals surface area contributed by atoms with Crippen molar-refractivity contribution in [2.24, 2.45) is 5.92 Å². The van der Waals surface area contributed by atoms with Crippen molar-refractivity contribution in [2.75, 3.05) is 19.6 Å². The van der Waals surface area contributed by atoms with Crippen LogP contribution >= 0.6 is 0 Å². The van der Waals surface area contributed by atoms with Gasteiger partial charge in [0.15, 0.2) is 0 Å². The quantitative estimate of drug-likeness (QED) is 0.524. The predicted octanol–water partition coefficient (Wildman–Crippen LogP) is -0.813. The van der Waals surface area contributed by atoms with Gasteiger partial charge in [-0.2, -0.15) is 0 Å². The SMILES string of the molecule is O=C(O)CCNC(=O)CC1CNC1. The van der Waals surface area contributed by atoms with Crippen molar-refractivity contribution in [1.82, 2.24) is 10.6 Å². The van der Waals surface area contributed by atoms with E-state index in [9.17, 15) is 9.59 Å². The Bertz CT molecular complexity index is 202. The van der Waals surface area contributed by atoms with E-state index in [1.54, 1.807) is 0 Å². The second kappa shape index (κ2) is 4.81. The maximum absolute atomic E-state index is 11.1. The number of aliphatic carboxylic acids is 1. The Morgan fingerprint density at radius 2 is 2.15 bits per heavy atom. The van der Waals surface area contributed by atoms with E-state index in [2.05, 4.69) is 10.6 Å². The van der Waals surface area contributed by atoms with Gasteiger partial charge in [0.2, 0.25) is 5.91 Å².